The lowest BCUT2D eigenvalue weighted by molar-refractivity contribution is -0.183. The Bertz CT molecular complexity index is 1740. The molecule has 0 saturated carbocycles. The molecule has 0 atom stereocenters. The van der Waals surface area contributed by atoms with Crippen LogP contribution in [0, 0.1) is 0 Å². The SMILES string of the molecule is CCn1c2ccc([S+](c3ccccc3)c3ccccc3)cc2c2cc(C(OC)(OC)c3ccc(OC)cc3)ccc21. The number of benzene rings is 5. The van der Waals surface area contributed by atoms with Gasteiger partial charge in [0.25, 0.3) is 0 Å². The number of hydrogen-bond donors (Lipinski definition) is 0. The molecule has 1 heterocycles. The molecule has 1 aromatic heterocycles. The molecule has 0 aliphatic carbocycles. The molecule has 0 N–H and O–H groups in total. The molecule has 5 heteroatoms. The Morgan fingerprint density at radius 3 is 1.66 bits per heavy atom. The highest BCUT2D eigenvalue weighted by molar-refractivity contribution is 7.97. The fourth-order valence-corrected chi connectivity index (χ4v) is 7.92. The minimum Gasteiger partial charge on any atom is -0.497 e. The lowest BCUT2D eigenvalue weighted by Crippen LogP contribution is -2.32. The Balaban J connectivity index is 1.57. The van der Waals surface area contributed by atoms with Gasteiger partial charge in [0.15, 0.2) is 14.7 Å². The zero-order chi connectivity index (χ0) is 28.4. The number of aryl methyl sites for hydroxylation is 1. The van der Waals surface area contributed by atoms with E-state index in [1.807, 2.05) is 24.3 Å². The quantitative estimate of drug-likeness (QED) is 0.131. The normalized spacial score (nSPS) is 11.9. The van der Waals surface area contributed by atoms with Crippen LogP contribution in [0.25, 0.3) is 21.8 Å². The number of rotatable bonds is 9. The molecule has 0 amide bonds. The Hall–Kier alpha value is -4.03. The Morgan fingerprint density at radius 2 is 1.12 bits per heavy atom. The van der Waals surface area contributed by atoms with Crippen LogP contribution in [0.3, 0.4) is 0 Å². The second-order valence-corrected chi connectivity index (χ2v) is 11.9. The predicted molar refractivity (Wildman–Crippen MR) is 168 cm³/mol. The van der Waals surface area contributed by atoms with Gasteiger partial charge in [-0.25, -0.2) is 0 Å². The van der Waals surface area contributed by atoms with Crippen molar-refractivity contribution in [1.82, 2.24) is 4.57 Å². The molecule has 41 heavy (non-hydrogen) atoms. The third-order valence-electron chi connectivity index (χ3n) is 7.77. The first-order chi connectivity index (χ1) is 20.1. The van der Waals surface area contributed by atoms with Crippen LogP contribution in [0.15, 0.2) is 136 Å². The van der Waals surface area contributed by atoms with Crippen molar-refractivity contribution in [3.63, 3.8) is 0 Å². The van der Waals surface area contributed by atoms with Gasteiger partial charge in [0.05, 0.1) is 18.0 Å². The van der Waals surface area contributed by atoms with Gasteiger partial charge in [-0.15, -0.1) is 0 Å². The molecule has 0 spiro atoms. The van der Waals surface area contributed by atoms with Crippen molar-refractivity contribution in [2.24, 2.45) is 0 Å². The number of aromatic nitrogens is 1. The van der Waals surface area contributed by atoms with Crippen molar-refractivity contribution in [2.75, 3.05) is 21.3 Å². The zero-order valence-corrected chi connectivity index (χ0v) is 24.7. The van der Waals surface area contributed by atoms with Gasteiger partial charge in [0, 0.05) is 59.8 Å². The van der Waals surface area contributed by atoms with Crippen LogP contribution in [0.5, 0.6) is 5.75 Å². The maximum Gasteiger partial charge on any atom is 0.221 e. The van der Waals surface area contributed by atoms with Crippen LogP contribution in [-0.4, -0.2) is 25.9 Å². The molecule has 0 radical (unpaired) electrons. The number of fused-ring (bicyclic) bond motifs is 3. The minimum atomic E-state index is -1.06. The van der Waals surface area contributed by atoms with Gasteiger partial charge in [0.2, 0.25) is 5.79 Å². The van der Waals surface area contributed by atoms with Crippen molar-refractivity contribution in [2.45, 2.75) is 33.9 Å². The van der Waals surface area contributed by atoms with Crippen molar-refractivity contribution in [3.05, 3.63) is 132 Å². The van der Waals surface area contributed by atoms with Crippen molar-refractivity contribution in [1.29, 1.82) is 0 Å². The van der Waals surface area contributed by atoms with E-state index in [9.17, 15) is 0 Å². The Kier molecular flexibility index (Phi) is 7.59. The van der Waals surface area contributed by atoms with E-state index >= 15 is 0 Å². The standard InChI is InChI=1S/C36H34NO3S/c1-5-37-34-22-18-27(36(39-3,40-4)26-16-19-28(38-2)20-17-26)24-32(34)33-25-31(21-23-35(33)37)41(29-12-8-6-9-13-29)30-14-10-7-11-15-30/h6-25H,5H2,1-4H3/q+1. The highest BCUT2D eigenvalue weighted by Gasteiger charge is 2.35. The van der Waals surface area contributed by atoms with Crippen LogP contribution >= 0.6 is 0 Å². The van der Waals surface area contributed by atoms with Gasteiger partial charge in [-0.1, -0.05) is 42.5 Å². The summed E-state index contributed by atoms with van der Waals surface area (Å²) in [7, 11) is 4.82. The van der Waals surface area contributed by atoms with Crippen molar-refractivity contribution < 1.29 is 14.2 Å². The van der Waals surface area contributed by atoms with Crippen molar-refractivity contribution >= 4 is 32.7 Å². The Labute approximate surface area is 244 Å². The van der Waals surface area contributed by atoms with E-state index in [1.165, 1.54) is 36.5 Å². The summed E-state index contributed by atoms with van der Waals surface area (Å²) in [6.45, 7) is 3.07. The second kappa shape index (κ2) is 11.5. The molecule has 0 bridgehead atoms. The van der Waals surface area contributed by atoms with E-state index in [4.69, 9.17) is 14.2 Å². The third-order valence-corrected chi connectivity index (χ3v) is 9.98. The summed E-state index contributed by atoms with van der Waals surface area (Å²) >= 11 is 0. The van der Waals surface area contributed by atoms with E-state index in [0.717, 1.165) is 23.4 Å². The highest BCUT2D eigenvalue weighted by Crippen LogP contribution is 2.40. The first-order valence-corrected chi connectivity index (χ1v) is 15.0. The summed E-state index contributed by atoms with van der Waals surface area (Å²) in [6, 6.07) is 42.9. The van der Waals surface area contributed by atoms with Gasteiger partial charge < -0.3 is 18.8 Å². The summed E-state index contributed by atoms with van der Waals surface area (Å²) in [5, 5.41) is 2.40. The molecular formula is C36H34NO3S+. The van der Waals surface area contributed by atoms with Crippen LogP contribution < -0.4 is 4.74 Å². The molecule has 0 aliphatic rings. The lowest BCUT2D eigenvalue weighted by atomic mass is 9.95. The molecule has 6 aromatic rings. The highest BCUT2D eigenvalue weighted by atomic mass is 32.2. The van der Waals surface area contributed by atoms with E-state index in [-0.39, 0.29) is 10.9 Å². The number of hydrogen-bond acceptors (Lipinski definition) is 3. The van der Waals surface area contributed by atoms with Gasteiger partial charge in [0.1, 0.15) is 5.75 Å². The summed E-state index contributed by atoms with van der Waals surface area (Å²) in [6.07, 6.45) is 0. The molecule has 0 saturated heterocycles. The van der Waals surface area contributed by atoms with Gasteiger partial charge >= 0.3 is 0 Å². The summed E-state index contributed by atoms with van der Waals surface area (Å²) < 4.78 is 20.0. The molecule has 4 nitrogen and oxygen atoms in total. The molecule has 6 rings (SSSR count). The fraction of sp³-hybridized carbons (Fsp3) is 0.167. The molecule has 0 unspecified atom stereocenters. The average Bonchev–Trinajstić information content (AvgIpc) is 3.36. The monoisotopic (exact) mass is 560 g/mol. The smallest absolute Gasteiger partial charge is 0.221 e. The Morgan fingerprint density at radius 1 is 0.585 bits per heavy atom. The maximum atomic E-state index is 6.14. The molecule has 0 fully saturated rings. The topological polar surface area (TPSA) is 32.6 Å². The van der Waals surface area contributed by atoms with Gasteiger partial charge in [-0.05, 0) is 79.7 Å². The van der Waals surface area contributed by atoms with Crippen LogP contribution in [-0.2, 0) is 32.7 Å². The lowest BCUT2D eigenvalue weighted by Gasteiger charge is -2.32. The maximum absolute atomic E-state index is 6.14. The fourth-order valence-electron chi connectivity index (χ4n) is 5.81. The number of ether oxygens (including phenoxy) is 3. The van der Waals surface area contributed by atoms with Crippen LogP contribution in [0.1, 0.15) is 18.1 Å². The van der Waals surface area contributed by atoms with Gasteiger partial charge in [-0.2, -0.15) is 0 Å². The predicted octanol–water partition coefficient (Wildman–Crippen LogP) is 8.41. The molecule has 206 valence electrons. The van der Waals surface area contributed by atoms with Crippen LogP contribution in [0.4, 0.5) is 0 Å². The van der Waals surface area contributed by atoms with Crippen LogP contribution in [0.2, 0.25) is 0 Å². The molecule has 0 aliphatic heterocycles. The van der Waals surface area contributed by atoms with Crippen molar-refractivity contribution in [3.8, 4) is 5.75 Å². The minimum absolute atomic E-state index is 0.235. The van der Waals surface area contributed by atoms with E-state index < -0.39 is 5.79 Å². The summed E-state index contributed by atoms with van der Waals surface area (Å²) in [4.78, 5) is 3.89. The third kappa shape index (κ3) is 4.70. The number of methoxy groups -OCH3 is 3. The first-order valence-electron chi connectivity index (χ1n) is 13.8. The molecule has 5 aromatic carbocycles. The average molecular weight is 561 g/mol. The second-order valence-electron chi connectivity index (χ2n) is 9.84. The first kappa shape index (κ1) is 27.2. The zero-order valence-electron chi connectivity index (χ0n) is 23.8. The summed E-state index contributed by atoms with van der Waals surface area (Å²) in [5.41, 5.74) is 4.25. The van der Waals surface area contributed by atoms with E-state index in [1.54, 1.807) is 21.3 Å². The van der Waals surface area contributed by atoms with E-state index in [0.29, 0.717) is 0 Å². The van der Waals surface area contributed by atoms with E-state index in [2.05, 4.69) is 109 Å². The molecular weight excluding hydrogens is 526 g/mol. The summed E-state index contributed by atoms with van der Waals surface area (Å²) in [5.74, 6) is -0.270. The van der Waals surface area contributed by atoms with Gasteiger partial charge in [-0.3, -0.25) is 0 Å². The largest absolute Gasteiger partial charge is 0.497 e. The number of nitrogens with zero attached hydrogens (tertiary/aromatic N) is 1.